The maximum absolute atomic E-state index is 5.22. The second-order valence-electron chi connectivity index (χ2n) is 6.97. The van der Waals surface area contributed by atoms with Crippen molar-refractivity contribution in [1.29, 1.82) is 0 Å². The molecule has 0 saturated carbocycles. The van der Waals surface area contributed by atoms with Crippen LogP contribution in [-0.2, 0) is 19.5 Å². The number of nitrogens with zero attached hydrogens (tertiary/aromatic N) is 3. The van der Waals surface area contributed by atoms with Crippen molar-refractivity contribution in [2.24, 2.45) is 4.99 Å². The molecule has 5 nitrogen and oxygen atoms in total. The molecule has 1 aliphatic heterocycles. The Bertz CT molecular complexity index is 757. The standard InChI is InChI=1S/C22H30N4O/c1-23-22(25(2)16-18-8-10-21(27-3)11-9-18)24-13-15-26-14-12-19-6-4-5-7-20(19)17-26/h4-11H,12-17H2,1-3H3,(H,23,24). The van der Waals surface area contributed by atoms with Gasteiger partial charge < -0.3 is 15.0 Å². The molecule has 0 amide bonds. The quantitative estimate of drug-likeness (QED) is 0.630. The molecule has 1 heterocycles. The van der Waals surface area contributed by atoms with Crippen LogP contribution in [0.15, 0.2) is 53.5 Å². The molecule has 2 aromatic carbocycles. The summed E-state index contributed by atoms with van der Waals surface area (Å²) < 4.78 is 5.22. The lowest BCUT2D eigenvalue weighted by Crippen LogP contribution is -2.43. The van der Waals surface area contributed by atoms with Crippen molar-refractivity contribution in [3.05, 3.63) is 65.2 Å². The Hall–Kier alpha value is -2.53. The molecular formula is C22H30N4O. The fourth-order valence-electron chi connectivity index (χ4n) is 3.54. The Morgan fingerprint density at radius 1 is 1.15 bits per heavy atom. The minimum atomic E-state index is 0.806. The summed E-state index contributed by atoms with van der Waals surface area (Å²) in [6.45, 7) is 4.88. The first-order valence-electron chi connectivity index (χ1n) is 9.53. The molecule has 27 heavy (non-hydrogen) atoms. The van der Waals surface area contributed by atoms with Gasteiger partial charge in [-0.1, -0.05) is 36.4 Å². The van der Waals surface area contributed by atoms with E-state index in [2.05, 4.69) is 63.6 Å². The van der Waals surface area contributed by atoms with Crippen LogP contribution in [0.4, 0.5) is 0 Å². The summed E-state index contributed by atoms with van der Waals surface area (Å²) in [6, 6.07) is 16.9. The maximum Gasteiger partial charge on any atom is 0.193 e. The second kappa shape index (κ2) is 9.42. The van der Waals surface area contributed by atoms with E-state index in [4.69, 9.17) is 4.74 Å². The molecule has 0 aromatic heterocycles. The molecule has 0 saturated heterocycles. The van der Waals surface area contributed by atoms with Crippen molar-refractivity contribution < 1.29 is 4.74 Å². The van der Waals surface area contributed by atoms with Crippen LogP contribution in [-0.4, -0.2) is 56.6 Å². The highest BCUT2D eigenvalue weighted by atomic mass is 16.5. The Labute approximate surface area is 162 Å². The summed E-state index contributed by atoms with van der Waals surface area (Å²) in [5, 5.41) is 3.49. The van der Waals surface area contributed by atoms with E-state index in [9.17, 15) is 0 Å². The summed E-state index contributed by atoms with van der Waals surface area (Å²) in [5.41, 5.74) is 4.19. The number of nitrogens with one attached hydrogen (secondary N) is 1. The van der Waals surface area contributed by atoms with E-state index in [0.717, 1.165) is 50.9 Å². The van der Waals surface area contributed by atoms with Crippen molar-refractivity contribution in [3.8, 4) is 5.75 Å². The van der Waals surface area contributed by atoms with Gasteiger partial charge in [-0.3, -0.25) is 9.89 Å². The number of ether oxygens (including phenoxy) is 1. The van der Waals surface area contributed by atoms with Gasteiger partial charge in [-0.15, -0.1) is 0 Å². The lowest BCUT2D eigenvalue weighted by Gasteiger charge is -2.29. The molecule has 0 bridgehead atoms. The van der Waals surface area contributed by atoms with Gasteiger partial charge in [0.2, 0.25) is 0 Å². The number of benzene rings is 2. The molecule has 0 fully saturated rings. The Morgan fingerprint density at radius 2 is 1.89 bits per heavy atom. The zero-order chi connectivity index (χ0) is 19.1. The minimum absolute atomic E-state index is 0.806. The third kappa shape index (κ3) is 5.23. The van der Waals surface area contributed by atoms with E-state index in [1.807, 2.05) is 19.2 Å². The summed E-state index contributed by atoms with van der Waals surface area (Å²) >= 11 is 0. The zero-order valence-electron chi connectivity index (χ0n) is 16.6. The molecule has 144 valence electrons. The molecule has 5 heteroatoms. The van der Waals surface area contributed by atoms with Gasteiger partial charge in [0.25, 0.3) is 0 Å². The normalized spacial score (nSPS) is 14.6. The van der Waals surface area contributed by atoms with Gasteiger partial charge in [0, 0.05) is 46.8 Å². The molecule has 1 N–H and O–H groups in total. The smallest absolute Gasteiger partial charge is 0.193 e. The molecule has 2 aromatic rings. The van der Waals surface area contributed by atoms with E-state index >= 15 is 0 Å². The van der Waals surface area contributed by atoms with Crippen LogP contribution in [0, 0.1) is 0 Å². The van der Waals surface area contributed by atoms with Crippen molar-refractivity contribution in [3.63, 3.8) is 0 Å². The van der Waals surface area contributed by atoms with Crippen molar-refractivity contribution in [2.45, 2.75) is 19.5 Å². The highest BCUT2D eigenvalue weighted by Gasteiger charge is 2.15. The number of fused-ring (bicyclic) bond motifs is 1. The average molecular weight is 367 g/mol. The third-order valence-electron chi connectivity index (χ3n) is 5.07. The highest BCUT2D eigenvalue weighted by molar-refractivity contribution is 5.79. The van der Waals surface area contributed by atoms with Gasteiger partial charge >= 0.3 is 0 Å². The van der Waals surface area contributed by atoms with Gasteiger partial charge in [0.15, 0.2) is 5.96 Å². The predicted octanol–water partition coefficient (Wildman–Crippen LogP) is 2.76. The molecule has 3 rings (SSSR count). The highest BCUT2D eigenvalue weighted by Crippen LogP contribution is 2.17. The van der Waals surface area contributed by atoms with Gasteiger partial charge in [0.05, 0.1) is 7.11 Å². The number of aliphatic imine (C=N–C) groups is 1. The minimum Gasteiger partial charge on any atom is -0.497 e. The van der Waals surface area contributed by atoms with Crippen LogP contribution in [0.3, 0.4) is 0 Å². The predicted molar refractivity (Wildman–Crippen MR) is 111 cm³/mol. The van der Waals surface area contributed by atoms with Gasteiger partial charge in [-0.2, -0.15) is 0 Å². The molecule has 0 unspecified atom stereocenters. The fraction of sp³-hybridized carbons (Fsp3) is 0.409. The van der Waals surface area contributed by atoms with E-state index in [1.54, 1.807) is 7.11 Å². The monoisotopic (exact) mass is 366 g/mol. The molecule has 0 radical (unpaired) electrons. The van der Waals surface area contributed by atoms with E-state index in [1.165, 1.54) is 16.7 Å². The first kappa shape index (κ1) is 19.2. The van der Waals surface area contributed by atoms with E-state index in [-0.39, 0.29) is 0 Å². The third-order valence-corrected chi connectivity index (χ3v) is 5.07. The molecule has 1 aliphatic rings. The summed E-state index contributed by atoms with van der Waals surface area (Å²) in [4.78, 5) is 9.08. The number of guanidine groups is 1. The maximum atomic E-state index is 5.22. The first-order chi connectivity index (χ1) is 13.2. The summed E-state index contributed by atoms with van der Waals surface area (Å²) in [7, 11) is 5.59. The molecule has 0 spiro atoms. The van der Waals surface area contributed by atoms with Crippen LogP contribution in [0.1, 0.15) is 16.7 Å². The van der Waals surface area contributed by atoms with Crippen LogP contribution >= 0.6 is 0 Å². The number of hydrogen-bond acceptors (Lipinski definition) is 3. The van der Waals surface area contributed by atoms with E-state index < -0.39 is 0 Å². The van der Waals surface area contributed by atoms with Crippen molar-refractivity contribution in [2.75, 3.05) is 40.8 Å². The molecular weight excluding hydrogens is 336 g/mol. The summed E-state index contributed by atoms with van der Waals surface area (Å²) in [6.07, 6.45) is 1.14. The van der Waals surface area contributed by atoms with Crippen molar-refractivity contribution >= 4 is 5.96 Å². The van der Waals surface area contributed by atoms with Gasteiger partial charge in [-0.25, -0.2) is 0 Å². The molecule has 0 atom stereocenters. The fourth-order valence-corrected chi connectivity index (χ4v) is 3.54. The number of rotatable bonds is 6. The zero-order valence-corrected chi connectivity index (χ0v) is 16.6. The Balaban J connectivity index is 1.46. The summed E-state index contributed by atoms with van der Waals surface area (Å²) in [5.74, 6) is 1.80. The number of methoxy groups -OCH3 is 1. The van der Waals surface area contributed by atoms with Crippen LogP contribution in [0.2, 0.25) is 0 Å². The second-order valence-corrected chi connectivity index (χ2v) is 6.97. The first-order valence-corrected chi connectivity index (χ1v) is 9.53. The topological polar surface area (TPSA) is 40.1 Å². The van der Waals surface area contributed by atoms with Crippen LogP contribution < -0.4 is 10.1 Å². The SMILES string of the molecule is CN=C(NCCN1CCc2ccccc2C1)N(C)Cc1ccc(OC)cc1. The van der Waals surface area contributed by atoms with E-state index in [0.29, 0.717) is 0 Å². The van der Waals surface area contributed by atoms with Crippen LogP contribution in [0.25, 0.3) is 0 Å². The van der Waals surface area contributed by atoms with Crippen LogP contribution in [0.5, 0.6) is 5.75 Å². The average Bonchev–Trinajstić information content (AvgIpc) is 2.71. The largest absolute Gasteiger partial charge is 0.497 e. The van der Waals surface area contributed by atoms with Gasteiger partial charge in [0.1, 0.15) is 5.75 Å². The van der Waals surface area contributed by atoms with Crippen molar-refractivity contribution in [1.82, 2.24) is 15.1 Å². The lowest BCUT2D eigenvalue weighted by atomic mass is 10.00. The van der Waals surface area contributed by atoms with Gasteiger partial charge in [-0.05, 0) is 35.2 Å². The lowest BCUT2D eigenvalue weighted by molar-refractivity contribution is 0.257. The Kier molecular flexibility index (Phi) is 6.71. The number of hydrogen-bond donors (Lipinski definition) is 1. The Morgan fingerprint density at radius 3 is 2.59 bits per heavy atom. The molecule has 0 aliphatic carbocycles.